The van der Waals surface area contributed by atoms with E-state index in [2.05, 4.69) is 15.0 Å². The molecule has 1 saturated heterocycles. The smallest absolute Gasteiger partial charge is 0.277 e. The lowest BCUT2D eigenvalue weighted by molar-refractivity contribution is -0.0254. The molecule has 1 aromatic carbocycles. The van der Waals surface area contributed by atoms with Gasteiger partial charge in [0.05, 0.1) is 17.8 Å². The minimum absolute atomic E-state index is 0.105. The van der Waals surface area contributed by atoms with Gasteiger partial charge in [-0.25, -0.2) is 15.1 Å². The first kappa shape index (κ1) is 21.4. The minimum Gasteiger partial charge on any atom is -0.473 e. The highest BCUT2D eigenvalue weighted by molar-refractivity contribution is 7.86. The number of rotatable bonds is 6. The van der Waals surface area contributed by atoms with Crippen LogP contribution in [0.4, 0.5) is 5.69 Å². The summed E-state index contributed by atoms with van der Waals surface area (Å²) in [6.07, 6.45) is 2.71. The first-order valence-electron chi connectivity index (χ1n) is 9.73. The lowest BCUT2D eigenvalue weighted by Crippen LogP contribution is -2.49. The minimum atomic E-state index is -3.77. The second-order valence-corrected chi connectivity index (χ2v) is 8.93. The number of pyridine rings is 1. The maximum Gasteiger partial charge on any atom is 0.277 e. The number of nitrogens with zero attached hydrogens (tertiary/aromatic N) is 5. The third-order valence-corrected chi connectivity index (χ3v) is 6.02. The summed E-state index contributed by atoms with van der Waals surface area (Å²) in [6.45, 7) is 0.693. The summed E-state index contributed by atoms with van der Waals surface area (Å²) in [4.78, 5) is 15.4. The molecule has 11 heteroatoms. The average molecular weight is 445 g/mol. The summed E-state index contributed by atoms with van der Waals surface area (Å²) in [5, 5.41) is 5.24. The van der Waals surface area contributed by atoms with E-state index in [1.807, 2.05) is 49.3 Å². The summed E-state index contributed by atoms with van der Waals surface area (Å²) in [7, 11) is 0.190. The van der Waals surface area contributed by atoms with Gasteiger partial charge in [-0.3, -0.25) is 4.98 Å². The van der Waals surface area contributed by atoms with Crippen LogP contribution in [0.5, 0.6) is 5.88 Å². The van der Waals surface area contributed by atoms with Crippen molar-refractivity contribution < 1.29 is 17.9 Å². The molecule has 0 saturated carbocycles. The third-order valence-electron chi connectivity index (χ3n) is 4.97. The fourth-order valence-electron chi connectivity index (χ4n) is 3.32. The van der Waals surface area contributed by atoms with Crippen LogP contribution in [0, 0.1) is 0 Å². The lowest BCUT2D eigenvalue weighted by atomic mass is 10.1. The number of nitrogens with two attached hydrogens (primary N) is 1. The van der Waals surface area contributed by atoms with E-state index < -0.39 is 16.3 Å². The van der Waals surface area contributed by atoms with Gasteiger partial charge < -0.3 is 14.4 Å². The van der Waals surface area contributed by atoms with Gasteiger partial charge in [-0.05, 0) is 18.2 Å². The maximum absolute atomic E-state index is 11.6. The molecule has 0 amide bonds. The van der Waals surface area contributed by atoms with Crippen LogP contribution < -0.4 is 14.8 Å². The topological polar surface area (TPSA) is 124 Å². The zero-order chi connectivity index (χ0) is 22.0. The Morgan fingerprint density at radius 1 is 1.23 bits per heavy atom. The summed E-state index contributed by atoms with van der Waals surface area (Å²) in [5.74, 6) is 0.314. The number of ether oxygens (including phenoxy) is 2. The molecule has 2 aromatic heterocycles. The van der Waals surface area contributed by atoms with E-state index in [9.17, 15) is 8.42 Å². The fourth-order valence-corrected chi connectivity index (χ4v) is 4.02. The van der Waals surface area contributed by atoms with Crippen molar-refractivity contribution in [1.82, 2.24) is 19.3 Å². The van der Waals surface area contributed by atoms with Crippen molar-refractivity contribution in [3.8, 4) is 17.1 Å². The number of aromatic nitrogens is 3. The molecule has 0 unspecified atom stereocenters. The highest BCUT2D eigenvalue weighted by atomic mass is 32.2. The van der Waals surface area contributed by atoms with Crippen LogP contribution in [0.1, 0.15) is 0 Å². The number of benzene rings is 1. The zero-order valence-electron chi connectivity index (χ0n) is 17.3. The van der Waals surface area contributed by atoms with Crippen LogP contribution in [0.2, 0.25) is 0 Å². The van der Waals surface area contributed by atoms with Crippen LogP contribution in [-0.4, -0.2) is 74.2 Å². The highest BCUT2D eigenvalue weighted by Crippen LogP contribution is 2.28. The lowest BCUT2D eigenvalue weighted by Gasteiger charge is -2.30. The zero-order valence-corrected chi connectivity index (χ0v) is 18.1. The quantitative estimate of drug-likeness (QED) is 0.598. The van der Waals surface area contributed by atoms with Gasteiger partial charge in [-0.15, -0.1) is 0 Å². The number of hydrogen-bond acceptors (Lipinski definition) is 8. The molecule has 31 heavy (non-hydrogen) atoms. The number of fused-ring (bicyclic) bond motifs is 1. The summed E-state index contributed by atoms with van der Waals surface area (Å²) in [6, 6.07) is 9.85. The van der Waals surface area contributed by atoms with E-state index in [1.165, 1.54) is 4.31 Å². The molecule has 0 spiro atoms. The molecule has 3 aromatic rings. The van der Waals surface area contributed by atoms with Gasteiger partial charge in [0.1, 0.15) is 12.7 Å². The SMILES string of the molecule is CN(C)c1ccc(-c2cc3nccnc3c(OC[C@@H]3CN(S(N)(=O)=O)CCO3)n2)cc1. The van der Waals surface area contributed by atoms with Crippen molar-refractivity contribution in [2.45, 2.75) is 6.10 Å². The molecule has 1 aliphatic rings. The van der Waals surface area contributed by atoms with E-state index in [0.29, 0.717) is 22.6 Å². The van der Waals surface area contributed by atoms with Gasteiger partial charge in [0.15, 0.2) is 5.52 Å². The van der Waals surface area contributed by atoms with Gasteiger partial charge in [0.25, 0.3) is 10.2 Å². The van der Waals surface area contributed by atoms with Gasteiger partial charge in [-0.2, -0.15) is 12.7 Å². The normalized spacial score (nSPS) is 17.6. The summed E-state index contributed by atoms with van der Waals surface area (Å²) >= 11 is 0. The van der Waals surface area contributed by atoms with Crippen molar-refractivity contribution in [2.24, 2.45) is 5.14 Å². The van der Waals surface area contributed by atoms with Gasteiger partial charge in [0.2, 0.25) is 5.88 Å². The molecule has 3 heterocycles. The maximum atomic E-state index is 11.6. The van der Waals surface area contributed by atoms with Crippen molar-refractivity contribution in [1.29, 1.82) is 0 Å². The Morgan fingerprint density at radius 3 is 2.68 bits per heavy atom. The monoisotopic (exact) mass is 444 g/mol. The fraction of sp³-hybridized carbons (Fsp3) is 0.350. The highest BCUT2D eigenvalue weighted by Gasteiger charge is 2.27. The standard InChI is InChI=1S/C20H24N6O4S/c1-25(2)15-5-3-14(4-6-15)17-11-18-19(23-8-7-22-18)20(24-17)30-13-16-12-26(9-10-29-16)31(21,27)28/h3-8,11,16H,9-10,12-13H2,1-2H3,(H2,21,27,28)/t16-/m0/s1. The van der Waals surface area contributed by atoms with Crippen LogP contribution in [-0.2, 0) is 14.9 Å². The summed E-state index contributed by atoms with van der Waals surface area (Å²) < 4.78 is 36.0. The second kappa shape index (κ2) is 8.71. The molecule has 4 rings (SSSR count). The van der Waals surface area contributed by atoms with Crippen molar-refractivity contribution >= 4 is 26.9 Å². The van der Waals surface area contributed by atoms with E-state index in [-0.39, 0.29) is 26.3 Å². The molecule has 1 fully saturated rings. The van der Waals surface area contributed by atoms with Crippen LogP contribution in [0.25, 0.3) is 22.3 Å². The number of morpholine rings is 1. The molecule has 1 atom stereocenters. The van der Waals surface area contributed by atoms with E-state index in [0.717, 1.165) is 11.3 Å². The molecule has 0 radical (unpaired) electrons. The van der Waals surface area contributed by atoms with Crippen molar-refractivity contribution in [3.05, 3.63) is 42.7 Å². The molecule has 1 aliphatic heterocycles. The number of anilines is 1. The predicted octanol–water partition coefficient (Wildman–Crippen LogP) is 1.04. The van der Waals surface area contributed by atoms with Gasteiger partial charge >= 0.3 is 0 Å². The largest absolute Gasteiger partial charge is 0.473 e. The molecular weight excluding hydrogens is 420 g/mol. The van der Waals surface area contributed by atoms with Crippen LogP contribution in [0.15, 0.2) is 42.7 Å². The van der Waals surface area contributed by atoms with Crippen molar-refractivity contribution in [3.63, 3.8) is 0 Å². The molecule has 10 nitrogen and oxygen atoms in total. The van der Waals surface area contributed by atoms with E-state index in [1.54, 1.807) is 12.4 Å². The van der Waals surface area contributed by atoms with E-state index >= 15 is 0 Å². The Morgan fingerprint density at radius 2 is 1.97 bits per heavy atom. The van der Waals surface area contributed by atoms with E-state index in [4.69, 9.17) is 14.6 Å². The van der Waals surface area contributed by atoms with Crippen molar-refractivity contribution in [2.75, 3.05) is 45.3 Å². The first-order chi connectivity index (χ1) is 14.8. The first-order valence-corrected chi connectivity index (χ1v) is 11.2. The molecule has 164 valence electrons. The predicted molar refractivity (Wildman–Crippen MR) is 117 cm³/mol. The average Bonchev–Trinajstić information content (AvgIpc) is 2.77. The Hall–Kier alpha value is -2.86. The molecule has 0 aliphatic carbocycles. The van der Waals surface area contributed by atoms with Crippen LogP contribution >= 0.6 is 0 Å². The Balaban J connectivity index is 1.59. The number of hydrogen-bond donors (Lipinski definition) is 1. The van der Waals surface area contributed by atoms with Gasteiger partial charge in [-0.1, -0.05) is 12.1 Å². The Bertz CT molecular complexity index is 1170. The second-order valence-electron chi connectivity index (χ2n) is 7.38. The molecule has 0 bridgehead atoms. The Kier molecular flexibility index (Phi) is 6.01. The van der Waals surface area contributed by atoms with Gasteiger partial charge in [0, 0.05) is 50.8 Å². The third kappa shape index (κ3) is 4.90. The van der Waals surface area contributed by atoms with Crippen LogP contribution in [0.3, 0.4) is 0 Å². The molecular formula is C20H24N6O4S. The molecule has 2 N–H and O–H groups in total. The summed E-state index contributed by atoms with van der Waals surface area (Å²) in [5.41, 5.74) is 3.86. The Labute approximate surface area is 180 Å².